The Morgan fingerprint density at radius 3 is 2.50 bits per heavy atom. The Bertz CT molecular complexity index is 500. The van der Waals surface area contributed by atoms with Crippen molar-refractivity contribution in [2.24, 2.45) is 0 Å². The highest BCUT2D eigenvalue weighted by Gasteiger charge is 2.43. The SMILES string of the molecule is Cc1cccc(S(=O)(=O)N2CC(C)(O)C2)c1. The van der Waals surface area contributed by atoms with E-state index in [1.165, 1.54) is 4.31 Å². The Morgan fingerprint density at radius 1 is 1.38 bits per heavy atom. The predicted octanol–water partition coefficient (Wildman–Crippen LogP) is 0.750. The van der Waals surface area contributed by atoms with Crippen LogP contribution in [-0.2, 0) is 10.0 Å². The summed E-state index contributed by atoms with van der Waals surface area (Å²) in [5.41, 5.74) is 0.0324. The van der Waals surface area contributed by atoms with Crippen LogP contribution in [0.1, 0.15) is 12.5 Å². The molecule has 5 heteroatoms. The zero-order valence-corrected chi connectivity index (χ0v) is 10.2. The first-order valence-electron chi connectivity index (χ1n) is 5.10. The lowest BCUT2D eigenvalue weighted by molar-refractivity contribution is -0.0426. The van der Waals surface area contributed by atoms with Crippen molar-refractivity contribution in [3.63, 3.8) is 0 Å². The normalized spacial score (nSPS) is 20.4. The van der Waals surface area contributed by atoms with Gasteiger partial charge in [0.05, 0.1) is 10.5 Å². The highest BCUT2D eigenvalue weighted by atomic mass is 32.2. The summed E-state index contributed by atoms with van der Waals surface area (Å²) in [4.78, 5) is 0.294. The Morgan fingerprint density at radius 2 is 2.00 bits per heavy atom. The highest BCUT2D eigenvalue weighted by molar-refractivity contribution is 7.89. The van der Waals surface area contributed by atoms with Gasteiger partial charge in [-0.05, 0) is 31.5 Å². The first-order valence-corrected chi connectivity index (χ1v) is 6.54. The minimum Gasteiger partial charge on any atom is -0.387 e. The molecule has 1 aromatic rings. The molecule has 1 aliphatic rings. The number of hydrogen-bond acceptors (Lipinski definition) is 3. The van der Waals surface area contributed by atoms with Gasteiger partial charge in [0, 0.05) is 13.1 Å². The molecule has 0 saturated carbocycles. The van der Waals surface area contributed by atoms with Crippen LogP contribution in [0.4, 0.5) is 0 Å². The van der Waals surface area contributed by atoms with E-state index in [1.54, 1.807) is 25.1 Å². The van der Waals surface area contributed by atoms with Gasteiger partial charge in [0.25, 0.3) is 0 Å². The quantitative estimate of drug-likeness (QED) is 0.831. The average Bonchev–Trinajstić information content (AvgIpc) is 2.14. The van der Waals surface area contributed by atoms with Gasteiger partial charge >= 0.3 is 0 Å². The standard InChI is InChI=1S/C11H15NO3S/c1-9-4-3-5-10(6-9)16(14,15)12-7-11(2,13)8-12/h3-6,13H,7-8H2,1-2H3. The maximum atomic E-state index is 12.1. The summed E-state index contributed by atoms with van der Waals surface area (Å²) in [6.45, 7) is 3.83. The Balaban J connectivity index is 2.28. The second-order valence-corrected chi connectivity index (χ2v) is 6.52. The Kier molecular flexibility index (Phi) is 2.57. The number of nitrogens with zero attached hydrogens (tertiary/aromatic N) is 1. The molecule has 1 heterocycles. The van der Waals surface area contributed by atoms with Gasteiger partial charge in [0.15, 0.2) is 0 Å². The van der Waals surface area contributed by atoms with Crippen LogP contribution in [0.5, 0.6) is 0 Å². The van der Waals surface area contributed by atoms with Crippen molar-refractivity contribution < 1.29 is 13.5 Å². The van der Waals surface area contributed by atoms with Gasteiger partial charge in [-0.2, -0.15) is 4.31 Å². The molecule has 0 spiro atoms. The molecule has 2 rings (SSSR count). The predicted molar refractivity (Wildman–Crippen MR) is 60.6 cm³/mol. The minimum absolute atomic E-state index is 0.170. The summed E-state index contributed by atoms with van der Waals surface area (Å²) in [5, 5.41) is 9.54. The topological polar surface area (TPSA) is 57.6 Å². The molecule has 88 valence electrons. The smallest absolute Gasteiger partial charge is 0.243 e. The lowest BCUT2D eigenvalue weighted by Gasteiger charge is -2.42. The maximum Gasteiger partial charge on any atom is 0.243 e. The van der Waals surface area contributed by atoms with Crippen LogP contribution >= 0.6 is 0 Å². The van der Waals surface area contributed by atoms with Gasteiger partial charge < -0.3 is 5.11 Å². The van der Waals surface area contributed by atoms with E-state index in [9.17, 15) is 13.5 Å². The van der Waals surface area contributed by atoms with Gasteiger partial charge in [-0.25, -0.2) is 8.42 Å². The van der Waals surface area contributed by atoms with Crippen LogP contribution < -0.4 is 0 Å². The van der Waals surface area contributed by atoms with E-state index < -0.39 is 15.6 Å². The molecule has 1 saturated heterocycles. The fraction of sp³-hybridized carbons (Fsp3) is 0.455. The Hall–Kier alpha value is -0.910. The van der Waals surface area contributed by atoms with Crippen LogP contribution in [-0.4, -0.2) is 36.5 Å². The number of rotatable bonds is 2. The summed E-state index contributed by atoms with van der Waals surface area (Å²) in [6.07, 6.45) is 0. The van der Waals surface area contributed by atoms with E-state index in [0.717, 1.165) is 5.56 Å². The second-order valence-electron chi connectivity index (χ2n) is 4.59. The fourth-order valence-electron chi connectivity index (χ4n) is 1.81. The molecule has 0 unspecified atom stereocenters. The third-order valence-electron chi connectivity index (χ3n) is 2.66. The van der Waals surface area contributed by atoms with Crippen LogP contribution in [0.25, 0.3) is 0 Å². The number of β-amino-alcohol motifs (C(OH)–C–C–N with tert-alkyl or cyclic N) is 1. The minimum atomic E-state index is -3.42. The van der Waals surface area contributed by atoms with E-state index in [-0.39, 0.29) is 13.1 Å². The lowest BCUT2D eigenvalue weighted by Crippen LogP contribution is -2.61. The molecule has 0 atom stereocenters. The third-order valence-corrected chi connectivity index (χ3v) is 4.45. The highest BCUT2D eigenvalue weighted by Crippen LogP contribution is 2.27. The van der Waals surface area contributed by atoms with E-state index in [1.807, 2.05) is 13.0 Å². The van der Waals surface area contributed by atoms with Gasteiger partial charge in [-0.1, -0.05) is 12.1 Å². The zero-order valence-electron chi connectivity index (χ0n) is 9.34. The number of aryl methyl sites for hydroxylation is 1. The van der Waals surface area contributed by atoms with E-state index >= 15 is 0 Å². The molecular weight excluding hydrogens is 226 g/mol. The van der Waals surface area contributed by atoms with Crippen LogP contribution in [0.15, 0.2) is 29.2 Å². The van der Waals surface area contributed by atoms with E-state index in [0.29, 0.717) is 4.90 Å². The van der Waals surface area contributed by atoms with Crippen molar-refractivity contribution in [1.29, 1.82) is 0 Å². The summed E-state index contributed by atoms with van der Waals surface area (Å²) in [5.74, 6) is 0. The molecule has 1 fully saturated rings. The molecule has 1 aromatic carbocycles. The van der Waals surface area contributed by atoms with Crippen molar-refractivity contribution >= 4 is 10.0 Å². The zero-order chi connectivity index (χ0) is 12.0. The monoisotopic (exact) mass is 241 g/mol. The number of aliphatic hydroxyl groups is 1. The van der Waals surface area contributed by atoms with Gasteiger partial charge in [-0.3, -0.25) is 0 Å². The van der Waals surface area contributed by atoms with Gasteiger partial charge in [0.2, 0.25) is 10.0 Å². The largest absolute Gasteiger partial charge is 0.387 e. The lowest BCUT2D eigenvalue weighted by atomic mass is 10.0. The van der Waals surface area contributed by atoms with Crippen molar-refractivity contribution in [2.45, 2.75) is 24.3 Å². The van der Waals surface area contributed by atoms with Gasteiger partial charge in [0.1, 0.15) is 0 Å². The van der Waals surface area contributed by atoms with Gasteiger partial charge in [-0.15, -0.1) is 0 Å². The van der Waals surface area contributed by atoms with Crippen molar-refractivity contribution in [3.05, 3.63) is 29.8 Å². The summed E-state index contributed by atoms with van der Waals surface area (Å²) in [7, 11) is -3.42. The molecule has 0 aromatic heterocycles. The molecular formula is C11H15NO3S. The summed E-state index contributed by atoms with van der Waals surface area (Å²) in [6, 6.07) is 6.79. The number of benzene rings is 1. The third kappa shape index (κ3) is 1.98. The molecule has 4 nitrogen and oxygen atoms in total. The molecule has 0 aliphatic carbocycles. The molecule has 0 amide bonds. The van der Waals surface area contributed by atoms with E-state index in [2.05, 4.69) is 0 Å². The van der Waals surface area contributed by atoms with Crippen molar-refractivity contribution in [2.75, 3.05) is 13.1 Å². The summed E-state index contributed by atoms with van der Waals surface area (Å²) >= 11 is 0. The molecule has 0 bridgehead atoms. The maximum absolute atomic E-state index is 12.1. The van der Waals surface area contributed by atoms with Crippen LogP contribution in [0.2, 0.25) is 0 Å². The number of hydrogen-bond donors (Lipinski definition) is 1. The fourth-order valence-corrected chi connectivity index (χ4v) is 3.59. The van der Waals surface area contributed by atoms with Crippen molar-refractivity contribution in [1.82, 2.24) is 4.31 Å². The first-order chi connectivity index (χ1) is 7.31. The van der Waals surface area contributed by atoms with Crippen LogP contribution in [0.3, 0.4) is 0 Å². The average molecular weight is 241 g/mol. The van der Waals surface area contributed by atoms with Crippen molar-refractivity contribution in [3.8, 4) is 0 Å². The van der Waals surface area contributed by atoms with E-state index in [4.69, 9.17) is 0 Å². The Labute approximate surface area is 95.6 Å². The second kappa shape index (κ2) is 3.55. The molecule has 1 N–H and O–H groups in total. The number of sulfonamides is 1. The first kappa shape index (κ1) is 11.6. The molecule has 16 heavy (non-hydrogen) atoms. The van der Waals surface area contributed by atoms with Crippen LogP contribution in [0, 0.1) is 6.92 Å². The molecule has 1 aliphatic heterocycles. The molecule has 0 radical (unpaired) electrons. The summed E-state index contributed by atoms with van der Waals surface area (Å²) < 4.78 is 25.4.